The Bertz CT molecular complexity index is 1520. The molecular formula is C27H19N3OS. The lowest BCUT2D eigenvalue weighted by atomic mass is 10.1. The van der Waals surface area contributed by atoms with Crippen molar-refractivity contribution in [1.29, 1.82) is 5.26 Å². The smallest absolute Gasteiger partial charge is 0.262 e. The zero-order chi connectivity index (χ0) is 21.9. The van der Waals surface area contributed by atoms with Gasteiger partial charge in [-0.25, -0.2) is 4.98 Å². The van der Waals surface area contributed by atoms with E-state index in [0.717, 1.165) is 21.9 Å². The van der Waals surface area contributed by atoms with Crippen molar-refractivity contribution in [3.8, 4) is 6.07 Å². The van der Waals surface area contributed by atoms with Crippen LogP contribution in [0.5, 0.6) is 0 Å². The Labute approximate surface area is 189 Å². The van der Waals surface area contributed by atoms with E-state index in [9.17, 15) is 4.79 Å². The van der Waals surface area contributed by atoms with E-state index >= 15 is 0 Å². The Balaban J connectivity index is 1.60. The molecule has 0 aliphatic rings. The number of hydrogen-bond acceptors (Lipinski definition) is 4. The largest absolute Gasteiger partial charge is 0.283 e. The molecule has 0 aliphatic carbocycles. The highest BCUT2D eigenvalue weighted by Gasteiger charge is 2.13. The third-order valence-corrected chi connectivity index (χ3v) is 6.47. The summed E-state index contributed by atoms with van der Waals surface area (Å²) in [5, 5.41) is 12.4. The van der Waals surface area contributed by atoms with Crippen LogP contribution in [0.15, 0.2) is 101 Å². The Morgan fingerprint density at radius 3 is 2.25 bits per heavy atom. The van der Waals surface area contributed by atoms with Gasteiger partial charge >= 0.3 is 0 Å². The van der Waals surface area contributed by atoms with Gasteiger partial charge in [-0.3, -0.25) is 9.36 Å². The molecule has 0 N–H and O–H groups in total. The first-order valence-electron chi connectivity index (χ1n) is 10.3. The first-order chi connectivity index (χ1) is 15.7. The SMILES string of the molecule is N#Cc1ccc(CSc2nc3cc4ccccc4cc3c(=O)n2Cc2ccccc2)cc1. The molecule has 0 unspecified atom stereocenters. The zero-order valence-electron chi connectivity index (χ0n) is 17.2. The first-order valence-corrected chi connectivity index (χ1v) is 11.3. The van der Waals surface area contributed by atoms with Crippen LogP contribution in [0.2, 0.25) is 0 Å². The predicted octanol–water partition coefficient (Wildman–Crippen LogP) is 5.76. The highest BCUT2D eigenvalue weighted by Crippen LogP contribution is 2.25. The van der Waals surface area contributed by atoms with Gasteiger partial charge in [0.25, 0.3) is 5.56 Å². The summed E-state index contributed by atoms with van der Waals surface area (Å²) in [6.45, 7) is 0.463. The predicted molar refractivity (Wildman–Crippen MR) is 130 cm³/mol. The molecule has 1 heterocycles. The highest BCUT2D eigenvalue weighted by molar-refractivity contribution is 7.98. The minimum absolute atomic E-state index is 0.0352. The molecule has 4 aromatic carbocycles. The fourth-order valence-corrected chi connectivity index (χ4v) is 4.68. The van der Waals surface area contributed by atoms with Gasteiger partial charge in [-0.1, -0.05) is 78.5 Å². The van der Waals surface area contributed by atoms with Crippen molar-refractivity contribution in [2.24, 2.45) is 0 Å². The van der Waals surface area contributed by atoms with Crippen LogP contribution < -0.4 is 5.56 Å². The molecular weight excluding hydrogens is 414 g/mol. The van der Waals surface area contributed by atoms with Gasteiger partial charge in [-0.2, -0.15) is 5.26 Å². The van der Waals surface area contributed by atoms with E-state index in [4.69, 9.17) is 10.2 Å². The van der Waals surface area contributed by atoms with Crippen molar-refractivity contribution >= 4 is 33.4 Å². The third kappa shape index (κ3) is 4.01. The number of thioether (sulfide) groups is 1. The summed E-state index contributed by atoms with van der Waals surface area (Å²) in [6.07, 6.45) is 0. The van der Waals surface area contributed by atoms with Gasteiger partial charge < -0.3 is 0 Å². The number of rotatable bonds is 5. The van der Waals surface area contributed by atoms with E-state index in [-0.39, 0.29) is 5.56 Å². The molecule has 0 spiro atoms. The Morgan fingerprint density at radius 2 is 1.53 bits per heavy atom. The van der Waals surface area contributed by atoms with Crippen molar-refractivity contribution < 1.29 is 0 Å². The molecule has 0 atom stereocenters. The maximum absolute atomic E-state index is 13.6. The zero-order valence-corrected chi connectivity index (χ0v) is 18.0. The molecule has 1 aromatic heterocycles. The van der Waals surface area contributed by atoms with E-state index in [1.54, 1.807) is 4.57 Å². The molecule has 5 heteroatoms. The van der Waals surface area contributed by atoms with E-state index in [0.29, 0.717) is 33.9 Å². The molecule has 0 bridgehead atoms. The van der Waals surface area contributed by atoms with E-state index in [1.807, 2.05) is 91.0 Å². The molecule has 0 radical (unpaired) electrons. The second-order valence-electron chi connectivity index (χ2n) is 7.59. The number of nitriles is 1. The van der Waals surface area contributed by atoms with Gasteiger partial charge in [0.1, 0.15) is 0 Å². The van der Waals surface area contributed by atoms with Crippen LogP contribution >= 0.6 is 11.8 Å². The number of nitrogens with zero attached hydrogens (tertiary/aromatic N) is 3. The summed E-state index contributed by atoms with van der Waals surface area (Å²) in [4.78, 5) is 18.5. The lowest BCUT2D eigenvalue weighted by Gasteiger charge is -2.14. The molecule has 0 saturated carbocycles. The number of hydrogen-bond donors (Lipinski definition) is 0. The molecule has 0 aliphatic heterocycles. The normalized spacial score (nSPS) is 11.0. The van der Waals surface area contributed by atoms with E-state index in [1.165, 1.54) is 11.8 Å². The van der Waals surface area contributed by atoms with Crippen LogP contribution in [0.3, 0.4) is 0 Å². The highest BCUT2D eigenvalue weighted by atomic mass is 32.2. The lowest BCUT2D eigenvalue weighted by molar-refractivity contribution is 0.658. The molecule has 5 rings (SSSR count). The van der Waals surface area contributed by atoms with Gasteiger partial charge in [-0.15, -0.1) is 0 Å². The summed E-state index contributed by atoms with van der Waals surface area (Å²) >= 11 is 1.54. The summed E-state index contributed by atoms with van der Waals surface area (Å²) < 4.78 is 1.76. The first kappa shape index (κ1) is 20.0. The molecule has 32 heavy (non-hydrogen) atoms. The second kappa shape index (κ2) is 8.70. The van der Waals surface area contributed by atoms with Crippen molar-refractivity contribution in [1.82, 2.24) is 9.55 Å². The Hall–Kier alpha value is -3.88. The molecule has 4 nitrogen and oxygen atoms in total. The number of aromatic nitrogens is 2. The fraction of sp³-hybridized carbons (Fsp3) is 0.0741. The van der Waals surface area contributed by atoms with Crippen LogP contribution in [0.25, 0.3) is 21.7 Å². The minimum Gasteiger partial charge on any atom is -0.283 e. The van der Waals surface area contributed by atoms with Crippen LogP contribution in [-0.4, -0.2) is 9.55 Å². The fourth-order valence-electron chi connectivity index (χ4n) is 3.73. The minimum atomic E-state index is -0.0352. The van der Waals surface area contributed by atoms with Crippen LogP contribution in [0.1, 0.15) is 16.7 Å². The van der Waals surface area contributed by atoms with Crippen molar-refractivity contribution in [3.63, 3.8) is 0 Å². The van der Waals surface area contributed by atoms with E-state index in [2.05, 4.69) is 6.07 Å². The number of benzene rings is 4. The summed E-state index contributed by atoms with van der Waals surface area (Å²) in [7, 11) is 0. The van der Waals surface area contributed by atoms with Crippen molar-refractivity contribution in [2.45, 2.75) is 17.5 Å². The van der Waals surface area contributed by atoms with Gasteiger partial charge in [0.15, 0.2) is 5.16 Å². The van der Waals surface area contributed by atoms with Gasteiger partial charge in [0.2, 0.25) is 0 Å². The second-order valence-corrected chi connectivity index (χ2v) is 8.53. The van der Waals surface area contributed by atoms with Crippen LogP contribution in [0.4, 0.5) is 0 Å². The van der Waals surface area contributed by atoms with E-state index < -0.39 is 0 Å². The van der Waals surface area contributed by atoms with Gasteiger partial charge in [0, 0.05) is 5.75 Å². The average Bonchev–Trinajstić information content (AvgIpc) is 2.85. The van der Waals surface area contributed by atoms with Crippen molar-refractivity contribution in [2.75, 3.05) is 0 Å². The topological polar surface area (TPSA) is 58.7 Å². The monoisotopic (exact) mass is 433 g/mol. The quantitative estimate of drug-likeness (QED) is 0.201. The molecule has 5 aromatic rings. The average molecular weight is 434 g/mol. The molecule has 0 amide bonds. The molecule has 154 valence electrons. The molecule has 0 fully saturated rings. The summed E-state index contributed by atoms with van der Waals surface area (Å²) in [6, 6.07) is 31.6. The maximum Gasteiger partial charge on any atom is 0.262 e. The maximum atomic E-state index is 13.6. The van der Waals surface area contributed by atoms with Crippen LogP contribution in [-0.2, 0) is 12.3 Å². The van der Waals surface area contributed by atoms with Gasteiger partial charge in [-0.05, 0) is 46.2 Å². The third-order valence-electron chi connectivity index (χ3n) is 5.42. The number of fused-ring (bicyclic) bond motifs is 2. The van der Waals surface area contributed by atoms with Crippen LogP contribution in [0, 0.1) is 11.3 Å². The summed E-state index contributed by atoms with van der Waals surface area (Å²) in [5.74, 6) is 0.659. The van der Waals surface area contributed by atoms with Gasteiger partial charge in [0.05, 0.1) is 29.1 Å². The Morgan fingerprint density at radius 1 is 0.844 bits per heavy atom. The standard InChI is InChI=1S/C27H19N3OS/c28-16-19-10-12-21(13-11-19)18-32-27-29-25-15-23-9-5-4-8-22(23)14-24(25)26(31)30(27)17-20-6-2-1-3-7-20/h1-15H,17-18H2. The summed E-state index contributed by atoms with van der Waals surface area (Å²) in [5.41, 5.74) is 3.44. The van der Waals surface area contributed by atoms with Crippen molar-refractivity contribution in [3.05, 3.63) is 118 Å². The lowest BCUT2D eigenvalue weighted by Crippen LogP contribution is -2.24. The molecule has 0 saturated heterocycles. The Kier molecular flexibility index (Phi) is 5.45.